The molecule has 2 aromatic rings. The number of benzene rings is 1. The maximum absolute atomic E-state index is 6.12. The van der Waals surface area contributed by atoms with Crippen molar-refractivity contribution < 1.29 is 4.52 Å². The lowest BCUT2D eigenvalue weighted by atomic mass is 9.87. The van der Waals surface area contributed by atoms with Gasteiger partial charge in [0.05, 0.1) is 6.04 Å². The Morgan fingerprint density at radius 2 is 2.00 bits per heavy atom. The second-order valence-corrected chi connectivity index (χ2v) is 6.20. The first-order chi connectivity index (χ1) is 8.79. The van der Waals surface area contributed by atoms with Crippen molar-refractivity contribution in [1.82, 2.24) is 10.1 Å². The van der Waals surface area contributed by atoms with Gasteiger partial charge in [-0.2, -0.15) is 4.98 Å². The van der Waals surface area contributed by atoms with Crippen molar-refractivity contribution in [3.63, 3.8) is 0 Å². The predicted molar refractivity (Wildman–Crippen MR) is 75.9 cm³/mol. The average molecular weight is 280 g/mol. The van der Waals surface area contributed by atoms with Gasteiger partial charge in [-0.3, -0.25) is 0 Å². The molecule has 5 heteroatoms. The molecule has 4 nitrogen and oxygen atoms in total. The summed E-state index contributed by atoms with van der Waals surface area (Å²) in [7, 11) is 0. The molecule has 1 aromatic heterocycles. The minimum Gasteiger partial charge on any atom is -0.334 e. The van der Waals surface area contributed by atoms with Crippen molar-refractivity contribution in [1.29, 1.82) is 0 Å². The summed E-state index contributed by atoms with van der Waals surface area (Å²) in [4.78, 5) is 4.39. The minimum atomic E-state index is -0.266. The highest BCUT2D eigenvalue weighted by molar-refractivity contribution is 6.30. The molecule has 0 spiro atoms. The van der Waals surface area contributed by atoms with Gasteiger partial charge >= 0.3 is 0 Å². The van der Waals surface area contributed by atoms with E-state index in [1.165, 1.54) is 0 Å². The lowest BCUT2D eigenvalue weighted by Gasteiger charge is -2.23. The third-order valence-corrected chi connectivity index (χ3v) is 3.31. The van der Waals surface area contributed by atoms with Crippen LogP contribution in [0.25, 0.3) is 11.5 Å². The number of aryl methyl sites for hydroxylation is 1. The van der Waals surface area contributed by atoms with Gasteiger partial charge in [0.1, 0.15) is 0 Å². The normalized spacial score (nSPS) is 13.6. The highest BCUT2D eigenvalue weighted by Gasteiger charge is 2.27. The smallest absolute Gasteiger partial charge is 0.258 e. The Kier molecular flexibility index (Phi) is 3.65. The Bertz CT molecular complexity index is 587. The van der Waals surface area contributed by atoms with Crippen LogP contribution in [-0.2, 0) is 0 Å². The molecule has 0 radical (unpaired) electrons. The lowest BCUT2D eigenvalue weighted by molar-refractivity contribution is 0.303. The summed E-state index contributed by atoms with van der Waals surface area (Å²) in [5, 5.41) is 4.67. The maximum atomic E-state index is 6.12. The molecule has 0 amide bonds. The van der Waals surface area contributed by atoms with Crippen molar-refractivity contribution in [2.75, 3.05) is 0 Å². The Morgan fingerprint density at radius 3 is 2.58 bits per heavy atom. The molecule has 0 aliphatic rings. The molecule has 1 aromatic carbocycles. The Balaban J connectivity index is 2.36. The molecule has 0 saturated heterocycles. The number of hydrogen-bond donors (Lipinski definition) is 1. The van der Waals surface area contributed by atoms with Crippen molar-refractivity contribution >= 4 is 11.6 Å². The van der Waals surface area contributed by atoms with Crippen LogP contribution in [0.2, 0.25) is 5.02 Å². The fourth-order valence-corrected chi connectivity index (χ4v) is 1.95. The molecular formula is C14H18ClN3O. The summed E-state index contributed by atoms with van der Waals surface area (Å²) in [5.41, 5.74) is 7.88. The second-order valence-electron chi connectivity index (χ2n) is 5.76. The molecule has 1 unspecified atom stereocenters. The largest absolute Gasteiger partial charge is 0.334 e. The van der Waals surface area contributed by atoms with Crippen LogP contribution in [0.15, 0.2) is 22.7 Å². The monoisotopic (exact) mass is 279 g/mol. The van der Waals surface area contributed by atoms with Crippen LogP contribution in [0.5, 0.6) is 0 Å². The number of aromatic nitrogens is 2. The van der Waals surface area contributed by atoms with Gasteiger partial charge in [0.15, 0.2) is 5.82 Å². The van der Waals surface area contributed by atoms with E-state index >= 15 is 0 Å². The molecule has 1 atom stereocenters. The van der Waals surface area contributed by atoms with E-state index in [1.54, 1.807) is 6.07 Å². The van der Waals surface area contributed by atoms with Crippen LogP contribution in [0.4, 0.5) is 0 Å². The summed E-state index contributed by atoms with van der Waals surface area (Å²) < 4.78 is 5.30. The van der Waals surface area contributed by atoms with E-state index in [-0.39, 0.29) is 11.5 Å². The molecule has 102 valence electrons. The van der Waals surface area contributed by atoms with Gasteiger partial charge in [-0.25, -0.2) is 0 Å². The van der Waals surface area contributed by atoms with Crippen LogP contribution in [0.1, 0.15) is 38.2 Å². The summed E-state index contributed by atoms with van der Waals surface area (Å²) in [5.74, 6) is 1.00. The second kappa shape index (κ2) is 4.94. The van der Waals surface area contributed by atoms with Gasteiger partial charge in [0, 0.05) is 10.6 Å². The van der Waals surface area contributed by atoms with E-state index < -0.39 is 0 Å². The van der Waals surface area contributed by atoms with Crippen LogP contribution >= 0.6 is 11.6 Å². The molecule has 0 aliphatic heterocycles. The highest BCUT2D eigenvalue weighted by Crippen LogP contribution is 2.31. The number of halogens is 1. The first kappa shape index (κ1) is 14.0. The SMILES string of the molecule is Cc1cc(Cl)ccc1-c1nc(C(N)C(C)(C)C)no1. The fourth-order valence-electron chi connectivity index (χ4n) is 1.72. The van der Waals surface area contributed by atoms with Gasteiger partial charge in [0.25, 0.3) is 5.89 Å². The Labute approximate surface area is 118 Å². The zero-order chi connectivity index (χ0) is 14.2. The minimum absolute atomic E-state index is 0.115. The van der Waals surface area contributed by atoms with E-state index in [9.17, 15) is 0 Å². The van der Waals surface area contributed by atoms with Crippen molar-refractivity contribution in [2.24, 2.45) is 11.1 Å². The molecule has 0 bridgehead atoms. The molecule has 2 rings (SSSR count). The molecular weight excluding hydrogens is 262 g/mol. The zero-order valence-corrected chi connectivity index (χ0v) is 12.3. The lowest BCUT2D eigenvalue weighted by Crippen LogP contribution is -2.27. The summed E-state index contributed by atoms with van der Waals surface area (Å²) in [6.07, 6.45) is 0. The zero-order valence-electron chi connectivity index (χ0n) is 11.6. The van der Waals surface area contributed by atoms with E-state index in [4.69, 9.17) is 21.9 Å². The van der Waals surface area contributed by atoms with Crippen LogP contribution < -0.4 is 5.73 Å². The summed E-state index contributed by atoms with van der Waals surface area (Å²) in [6.45, 7) is 8.08. The highest BCUT2D eigenvalue weighted by atomic mass is 35.5. The standard InChI is InChI=1S/C14H18ClN3O/c1-8-7-9(15)5-6-10(8)13-17-12(18-19-13)11(16)14(2,3)4/h5-7,11H,16H2,1-4H3. The number of rotatable bonds is 2. The quantitative estimate of drug-likeness (QED) is 0.909. The van der Waals surface area contributed by atoms with Crippen molar-refractivity contribution in [2.45, 2.75) is 33.7 Å². The van der Waals surface area contributed by atoms with E-state index in [1.807, 2.05) is 39.8 Å². The number of nitrogens with two attached hydrogens (primary N) is 1. The van der Waals surface area contributed by atoms with Crippen LogP contribution in [0.3, 0.4) is 0 Å². The summed E-state index contributed by atoms with van der Waals surface area (Å²) in [6, 6.07) is 5.28. The van der Waals surface area contributed by atoms with Gasteiger partial charge in [-0.05, 0) is 36.1 Å². The molecule has 19 heavy (non-hydrogen) atoms. The van der Waals surface area contributed by atoms with Crippen molar-refractivity contribution in [3.05, 3.63) is 34.6 Å². The molecule has 0 aliphatic carbocycles. The topological polar surface area (TPSA) is 64.9 Å². The first-order valence-electron chi connectivity index (χ1n) is 6.15. The third kappa shape index (κ3) is 2.96. The van der Waals surface area contributed by atoms with Crippen LogP contribution in [-0.4, -0.2) is 10.1 Å². The van der Waals surface area contributed by atoms with E-state index in [0.717, 1.165) is 11.1 Å². The maximum Gasteiger partial charge on any atom is 0.258 e. The van der Waals surface area contributed by atoms with Gasteiger partial charge < -0.3 is 10.3 Å². The fraction of sp³-hybridized carbons (Fsp3) is 0.429. The molecule has 0 fully saturated rings. The van der Waals surface area contributed by atoms with Crippen molar-refractivity contribution in [3.8, 4) is 11.5 Å². The summed E-state index contributed by atoms with van der Waals surface area (Å²) >= 11 is 5.93. The molecule has 0 saturated carbocycles. The first-order valence-corrected chi connectivity index (χ1v) is 6.52. The Morgan fingerprint density at radius 1 is 1.32 bits per heavy atom. The number of hydrogen-bond acceptors (Lipinski definition) is 4. The van der Waals surface area contributed by atoms with E-state index in [2.05, 4.69) is 10.1 Å². The molecule has 1 heterocycles. The number of nitrogens with zero attached hydrogens (tertiary/aromatic N) is 2. The average Bonchev–Trinajstić information content (AvgIpc) is 2.75. The molecule has 2 N–H and O–H groups in total. The predicted octanol–water partition coefficient (Wildman–Crippen LogP) is 3.74. The Hall–Kier alpha value is -1.39. The van der Waals surface area contributed by atoms with Gasteiger partial charge in [-0.15, -0.1) is 0 Å². The van der Waals surface area contributed by atoms with Gasteiger partial charge in [0.2, 0.25) is 0 Å². The van der Waals surface area contributed by atoms with Crippen LogP contribution in [0, 0.1) is 12.3 Å². The van der Waals surface area contributed by atoms with Gasteiger partial charge in [-0.1, -0.05) is 37.5 Å². The van der Waals surface area contributed by atoms with E-state index in [0.29, 0.717) is 16.7 Å². The third-order valence-electron chi connectivity index (χ3n) is 3.07.